The summed E-state index contributed by atoms with van der Waals surface area (Å²) in [5.74, 6) is 0.856. The molecule has 0 unspecified atom stereocenters. The summed E-state index contributed by atoms with van der Waals surface area (Å²) in [6.07, 6.45) is 1.85. The molecule has 0 aliphatic heterocycles. The van der Waals surface area contributed by atoms with Crippen molar-refractivity contribution in [1.29, 1.82) is 0 Å². The van der Waals surface area contributed by atoms with Gasteiger partial charge in [-0.05, 0) is 23.1 Å². The van der Waals surface area contributed by atoms with Crippen LogP contribution in [-0.2, 0) is 13.6 Å². The molecule has 0 spiro atoms. The molecule has 23 heavy (non-hydrogen) atoms. The first-order chi connectivity index (χ1) is 11.3. The van der Waals surface area contributed by atoms with Crippen LogP contribution >= 0.6 is 11.3 Å². The Labute approximate surface area is 138 Å². The van der Waals surface area contributed by atoms with Gasteiger partial charge < -0.3 is 9.88 Å². The largest absolute Gasteiger partial charge is 0.352 e. The quantitative estimate of drug-likeness (QED) is 0.609. The van der Waals surface area contributed by atoms with Crippen LogP contribution in [0.1, 0.15) is 5.56 Å². The summed E-state index contributed by atoms with van der Waals surface area (Å²) in [6, 6.07) is 16.6. The number of anilines is 1. The van der Waals surface area contributed by atoms with E-state index in [0.717, 1.165) is 29.2 Å². The number of thiophene rings is 1. The van der Waals surface area contributed by atoms with Gasteiger partial charge in [0.25, 0.3) is 0 Å². The Kier molecular flexibility index (Phi) is 3.55. The van der Waals surface area contributed by atoms with E-state index in [1.165, 1.54) is 10.4 Å². The molecule has 0 atom stereocenters. The van der Waals surface area contributed by atoms with Crippen molar-refractivity contribution in [3.8, 4) is 10.6 Å². The van der Waals surface area contributed by atoms with Crippen LogP contribution in [0, 0.1) is 0 Å². The maximum Gasteiger partial charge on any atom is 0.203 e. The van der Waals surface area contributed by atoms with Crippen LogP contribution in [0.3, 0.4) is 0 Å². The molecule has 0 aliphatic carbocycles. The Hall–Kier alpha value is -2.66. The van der Waals surface area contributed by atoms with E-state index in [1.807, 2.05) is 37.5 Å². The molecule has 3 aromatic heterocycles. The molecule has 0 amide bonds. The minimum absolute atomic E-state index is 0.753. The highest BCUT2D eigenvalue weighted by Gasteiger charge is 2.10. The van der Waals surface area contributed by atoms with E-state index in [4.69, 9.17) is 0 Å². The third-order valence-electron chi connectivity index (χ3n) is 3.83. The van der Waals surface area contributed by atoms with E-state index in [2.05, 4.69) is 49.5 Å². The molecule has 0 aliphatic rings. The first-order valence-corrected chi connectivity index (χ1v) is 8.33. The molecule has 1 aromatic carbocycles. The topological polar surface area (TPSA) is 42.7 Å². The number of rotatable bonds is 4. The van der Waals surface area contributed by atoms with Crippen LogP contribution in [0.15, 0.2) is 60.1 Å². The molecule has 0 fully saturated rings. The summed E-state index contributed by atoms with van der Waals surface area (Å²) in [4.78, 5) is 10.3. The maximum absolute atomic E-state index is 4.64. The van der Waals surface area contributed by atoms with E-state index in [1.54, 1.807) is 11.3 Å². The van der Waals surface area contributed by atoms with Crippen LogP contribution in [0.2, 0.25) is 0 Å². The Morgan fingerprint density at radius 3 is 2.78 bits per heavy atom. The summed E-state index contributed by atoms with van der Waals surface area (Å²) in [6.45, 7) is 0.753. The SMILES string of the molecule is Cn1c(NCc2ccccc2)nc2cnc(-c3cccs3)cc21. The van der Waals surface area contributed by atoms with Gasteiger partial charge in [-0.1, -0.05) is 36.4 Å². The first-order valence-electron chi connectivity index (χ1n) is 7.45. The number of fused-ring (bicyclic) bond motifs is 1. The number of imidazole rings is 1. The molecule has 4 aromatic rings. The molecule has 1 N–H and O–H groups in total. The van der Waals surface area contributed by atoms with Crippen LogP contribution < -0.4 is 5.32 Å². The first kappa shape index (κ1) is 14.0. The molecule has 3 heterocycles. The van der Waals surface area contributed by atoms with Crippen molar-refractivity contribution in [2.45, 2.75) is 6.54 Å². The summed E-state index contributed by atoms with van der Waals surface area (Å²) < 4.78 is 2.08. The van der Waals surface area contributed by atoms with Crippen molar-refractivity contribution < 1.29 is 0 Å². The van der Waals surface area contributed by atoms with E-state index in [0.29, 0.717) is 0 Å². The molecular weight excluding hydrogens is 304 g/mol. The van der Waals surface area contributed by atoms with Crippen LogP contribution in [0.25, 0.3) is 21.6 Å². The highest BCUT2D eigenvalue weighted by Crippen LogP contribution is 2.26. The highest BCUT2D eigenvalue weighted by atomic mass is 32.1. The second-order valence-electron chi connectivity index (χ2n) is 5.37. The van der Waals surface area contributed by atoms with Gasteiger partial charge in [-0.3, -0.25) is 4.98 Å². The minimum Gasteiger partial charge on any atom is -0.352 e. The number of hydrogen-bond acceptors (Lipinski definition) is 4. The van der Waals surface area contributed by atoms with E-state index >= 15 is 0 Å². The number of nitrogens with one attached hydrogen (secondary N) is 1. The molecule has 4 rings (SSSR count). The van der Waals surface area contributed by atoms with Crippen molar-refractivity contribution in [1.82, 2.24) is 14.5 Å². The fourth-order valence-electron chi connectivity index (χ4n) is 2.59. The predicted octanol–water partition coefficient (Wildman–Crippen LogP) is 4.31. The number of benzene rings is 1. The summed E-state index contributed by atoms with van der Waals surface area (Å²) >= 11 is 1.70. The average Bonchev–Trinajstić information content (AvgIpc) is 3.23. The number of aryl methyl sites for hydroxylation is 1. The Balaban J connectivity index is 1.65. The molecule has 0 radical (unpaired) electrons. The lowest BCUT2D eigenvalue weighted by atomic mass is 10.2. The third-order valence-corrected chi connectivity index (χ3v) is 4.73. The molecule has 0 saturated carbocycles. The molecule has 0 bridgehead atoms. The second-order valence-corrected chi connectivity index (χ2v) is 6.32. The van der Waals surface area contributed by atoms with Crippen molar-refractivity contribution >= 4 is 28.3 Å². The number of hydrogen-bond donors (Lipinski definition) is 1. The maximum atomic E-state index is 4.64. The van der Waals surface area contributed by atoms with Crippen molar-refractivity contribution in [3.05, 3.63) is 65.7 Å². The molecule has 5 heteroatoms. The summed E-state index contributed by atoms with van der Waals surface area (Å²) in [5, 5.41) is 5.47. The van der Waals surface area contributed by atoms with Crippen molar-refractivity contribution in [2.75, 3.05) is 5.32 Å². The van der Waals surface area contributed by atoms with Crippen LogP contribution in [0.5, 0.6) is 0 Å². The Bertz CT molecular complexity index is 926. The lowest BCUT2D eigenvalue weighted by Gasteiger charge is -2.06. The molecule has 114 valence electrons. The normalized spacial score (nSPS) is 11.0. The van der Waals surface area contributed by atoms with Crippen molar-refractivity contribution in [3.63, 3.8) is 0 Å². The fraction of sp³-hybridized carbons (Fsp3) is 0.111. The highest BCUT2D eigenvalue weighted by molar-refractivity contribution is 7.13. The van der Waals surface area contributed by atoms with Crippen LogP contribution in [-0.4, -0.2) is 14.5 Å². The van der Waals surface area contributed by atoms with Crippen LogP contribution in [0.4, 0.5) is 5.95 Å². The average molecular weight is 320 g/mol. The van der Waals surface area contributed by atoms with Gasteiger partial charge in [-0.2, -0.15) is 0 Å². The molecular formula is C18H16N4S. The fourth-order valence-corrected chi connectivity index (χ4v) is 3.28. The van der Waals surface area contributed by atoms with Crippen molar-refractivity contribution in [2.24, 2.45) is 7.05 Å². The van der Waals surface area contributed by atoms with Gasteiger partial charge in [0.1, 0.15) is 5.52 Å². The lowest BCUT2D eigenvalue weighted by molar-refractivity contribution is 0.927. The number of pyridine rings is 1. The van der Waals surface area contributed by atoms with E-state index in [9.17, 15) is 0 Å². The summed E-state index contributed by atoms with van der Waals surface area (Å²) in [7, 11) is 2.03. The molecule has 0 saturated heterocycles. The smallest absolute Gasteiger partial charge is 0.203 e. The zero-order valence-corrected chi connectivity index (χ0v) is 13.5. The van der Waals surface area contributed by atoms with Gasteiger partial charge in [0.05, 0.1) is 22.3 Å². The minimum atomic E-state index is 0.753. The van der Waals surface area contributed by atoms with Gasteiger partial charge in [0, 0.05) is 13.6 Å². The Morgan fingerprint density at radius 1 is 1.13 bits per heavy atom. The van der Waals surface area contributed by atoms with E-state index < -0.39 is 0 Å². The zero-order chi connectivity index (χ0) is 15.6. The second kappa shape index (κ2) is 5.85. The van der Waals surface area contributed by atoms with Gasteiger partial charge in [0.15, 0.2) is 0 Å². The van der Waals surface area contributed by atoms with Gasteiger partial charge in [-0.15, -0.1) is 11.3 Å². The predicted molar refractivity (Wildman–Crippen MR) is 95.6 cm³/mol. The number of aromatic nitrogens is 3. The van der Waals surface area contributed by atoms with E-state index in [-0.39, 0.29) is 0 Å². The standard InChI is InChI=1S/C18H16N4S/c1-22-16-10-14(17-8-5-9-23-17)19-12-15(16)21-18(22)20-11-13-6-3-2-4-7-13/h2-10,12H,11H2,1H3,(H,20,21). The van der Waals surface area contributed by atoms with Gasteiger partial charge in [0.2, 0.25) is 5.95 Å². The lowest BCUT2D eigenvalue weighted by Crippen LogP contribution is -2.04. The monoisotopic (exact) mass is 320 g/mol. The third kappa shape index (κ3) is 2.71. The Morgan fingerprint density at radius 2 is 2.00 bits per heavy atom. The summed E-state index contributed by atoms with van der Waals surface area (Å²) in [5.41, 5.74) is 4.21. The van der Waals surface area contributed by atoms with Gasteiger partial charge >= 0.3 is 0 Å². The zero-order valence-electron chi connectivity index (χ0n) is 12.7. The number of nitrogens with zero attached hydrogens (tertiary/aromatic N) is 3. The van der Waals surface area contributed by atoms with Gasteiger partial charge in [-0.25, -0.2) is 4.98 Å². The molecule has 4 nitrogen and oxygen atoms in total.